The van der Waals surface area contributed by atoms with Gasteiger partial charge in [-0.05, 0) is 145 Å². The largest absolute Gasteiger partial charge is 0.309 e. The van der Waals surface area contributed by atoms with E-state index < -0.39 is 0 Å². The molecule has 0 fully saturated rings. The molecule has 0 N–H and O–H groups in total. The summed E-state index contributed by atoms with van der Waals surface area (Å²) in [6, 6.07) is 136. The van der Waals surface area contributed by atoms with Crippen LogP contribution in [-0.2, 0) is 0 Å². The number of para-hydroxylation sites is 8. The zero-order chi connectivity index (χ0) is 74.2. The lowest BCUT2D eigenvalue weighted by atomic mass is 10.0. The van der Waals surface area contributed by atoms with Crippen LogP contribution in [0.5, 0.6) is 0 Å². The number of hydrogen-bond donors (Lipinski definition) is 0. The van der Waals surface area contributed by atoms with Gasteiger partial charge in [0.05, 0.1) is 66.5 Å². The molecule has 11 heteroatoms. The van der Waals surface area contributed by atoms with Crippen molar-refractivity contribution < 1.29 is 0 Å². The highest BCUT2D eigenvalue weighted by Crippen LogP contribution is 2.46. The smallest absolute Gasteiger partial charge is 0.166 e. The van der Waals surface area contributed by atoms with Gasteiger partial charge in [-0.1, -0.05) is 249 Å². The minimum atomic E-state index is 0.556. The number of aromatic nitrogens is 11. The van der Waals surface area contributed by atoms with Gasteiger partial charge in [0.15, 0.2) is 34.9 Å². The number of fused-ring (bicyclic) bond motifs is 15. The number of rotatable bonds is 12. The van der Waals surface area contributed by atoms with E-state index in [1.54, 1.807) is 0 Å². The molecule has 0 aliphatic heterocycles. The molecule has 0 spiro atoms. The Bertz CT molecular complexity index is 7410. The molecule has 0 radical (unpaired) electrons. The third-order valence-electron chi connectivity index (χ3n) is 22.6. The molecule has 7 aromatic heterocycles. The van der Waals surface area contributed by atoms with Gasteiger partial charge in [-0.3, -0.25) is 0 Å². The van der Waals surface area contributed by atoms with E-state index in [1.807, 2.05) is 54.6 Å². The van der Waals surface area contributed by atoms with Crippen molar-refractivity contribution in [2.75, 3.05) is 0 Å². The molecule has 0 aliphatic rings. The summed E-state index contributed by atoms with van der Waals surface area (Å²) < 4.78 is 12.1. The molecular formula is C102H63N11. The lowest BCUT2D eigenvalue weighted by Gasteiger charge is -2.20. The highest BCUT2D eigenvalue weighted by atomic mass is 15.1. The van der Waals surface area contributed by atoms with Gasteiger partial charge in [0.1, 0.15) is 0 Å². The first kappa shape index (κ1) is 63.6. The Kier molecular flexibility index (Phi) is 14.4. The van der Waals surface area contributed by atoms with Gasteiger partial charge in [-0.15, -0.1) is 0 Å². The molecule has 0 saturated heterocycles. The van der Waals surface area contributed by atoms with Crippen molar-refractivity contribution in [1.29, 1.82) is 0 Å². The quantitative estimate of drug-likeness (QED) is 0.121. The summed E-state index contributed by atoms with van der Waals surface area (Å²) in [6.45, 7) is 0. The van der Waals surface area contributed by atoms with Crippen molar-refractivity contribution in [2.24, 2.45) is 0 Å². The SMILES string of the molecule is c1ccc(-c2nc(-c3ccc(-n4c5ccc(-n6c7ccccc7c7ccccc76)cc5c5cc(-n6c7ccccc7c7ccccc76)ccc54)cc3)nc(-c3cccc(-c4ccc5c(c4)c4ccccc4n5-c4c(-c5nc(-c6ccccc6)nc(-c6ccccc6)n5)cccc4-n4c5ccccc5c5ccccc54)c3)n2)cc1. The summed E-state index contributed by atoms with van der Waals surface area (Å²) in [5.41, 5.74) is 23.5. The topological polar surface area (TPSA) is 102 Å². The maximum atomic E-state index is 5.42. The molecule has 0 bridgehead atoms. The molecule has 0 unspecified atom stereocenters. The fraction of sp³-hybridized carbons (Fsp3) is 0. The molecule has 23 aromatic rings. The van der Waals surface area contributed by atoms with Gasteiger partial charge < -0.3 is 22.8 Å². The second-order valence-corrected chi connectivity index (χ2v) is 28.9. The minimum absolute atomic E-state index is 0.556. The van der Waals surface area contributed by atoms with Crippen LogP contribution < -0.4 is 0 Å². The normalized spacial score (nSPS) is 11.9. The average molecular weight is 1440 g/mol. The van der Waals surface area contributed by atoms with Crippen LogP contribution in [0.3, 0.4) is 0 Å². The van der Waals surface area contributed by atoms with Gasteiger partial charge in [-0.25, -0.2) is 29.9 Å². The first-order valence-electron chi connectivity index (χ1n) is 38.2. The molecule has 11 nitrogen and oxygen atoms in total. The van der Waals surface area contributed by atoms with Crippen LogP contribution in [-0.4, -0.2) is 52.7 Å². The Labute approximate surface area is 647 Å². The van der Waals surface area contributed by atoms with Gasteiger partial charge >= 0.3 is 0 Å². The molecule has 23 rings (SSSR count). The van der Waals surface area contributed by atoms with Gasteiger partial charge in [0, 0.05) is 104 Å². The van der Waals surface area contributed by atoms with Crippen LogP contribution in [0.4, 0.5) is 0 Å². The maximum absolute atomic E-state index is 5.42. The molecular weight excluding hydrogens is 1380 g/mol. The van der Waals surface area contributed by atoms with Gasteiger partial charge in [0.2, 0.25) is 0 Å². The van der Waals surface area contributed by atoms with E-state index in [1.165, 1.54) is 54.4 Å². The molecule has 16 aromatic carbocycles. The van der Waals surface area contributed by atoms with Gasteiger partial charge in [-0.2, -0.15) is 0 Å². The summed E-state index contributed by atoms with van der Waals surface area (Å²) in [4.78, 5) is 32.0. The molecule has 0 saturated carbocycles. The predicted molar refractivity (Wildman–Crippen MR) is 463 cm³/mol. The third-order valence-corrected chi connectivity index (χ3v) is 22.6. The monoisotopic (exact) mass is 1440 g/mol. The molecule has 0 atom stereocenters. The van der Waals surface area contributed by atoms with Crippen molar-refractivity contribution >= 4 is 109 Å². The average Bonchev–Trinajstić information content (AvgIpc) is 1.57. The van der Waals surface area contributed by atoms with E-state index in [0.29, 0.717) is 34.9 Å². The second kappa shape index (κ2) is 25.6. The van der Waals surface area contributed by atoms with E-state index >= 15 is 0 Å². The zero-order valence-corrected chi connectivity index (χ0v) is 60.8. The van der Waals surface area contributed by atoms with E-state index in [-0.39, 0.29) is 0 Å². The fourth-order valence-electron chi connectivity index (χ4n) is 17.5. The number of benzene rings is 16. The third kappa shape index (κ3) is 10.2. The van der Waals surface area contributed by atoms with Crippen LogP contribution in [0.2, 0.25) is 0 Å². The molecule has 7 heterocycles. The Balaban J connectivity index is 0.658. The maximum Gasteiger partial charge on any atom is 0.166 e. The van der Waals surface area contributed by atoms with Crippen molar-refractivity contribution in [3.8, 4) is 108 Å². The predicted octanol–water partition coefficient (Wildman–Crippen LogP) is 25.2. The summed E-state index contributed by atoms with van der Waals surface area (Å²) in [5.74, 6) is 3.45. The fourth-order valence-corrected chi connectivity index (χ4v) is 17.5. The first-order chi connectivity index (χ1) is 56.0. The number of hydrogen-bond acceptors (Lipinski definition) is 6. The van der Waals surface area contributed by atoms with Crippen LogP contribution in [0.1, 0.15) is 0 Å². The Morgan fingerprint density at radius 1 is 0.150 bits per heavy atom. The van der Waals surface area contributed by atoms with Crippen molar-refractivity contribution in [3.05, 3.63) is 382 Å². The second-order valence-electron chi connectivity index (χ2n) is 28.9. The van der Waals surface area contributed by atoms with Crippen LogP contribution in [0.25, 0.3) is 217 Å². The zero-order valence-electron chi connectivity index (χ0n) is 60.8. The van der Waals surface area contributed by atoms with Crippen LogP contribution >= 0.6 is 0 Å². The van der Waals surface area contributed by atoms with Crippen LogP contribution in [0.15, 0.2) is 382 Å². The Morgan fingerprint density at radius 3 is 0.867 bits per heavy atom. The van der Waals surface area contributed by atoms with Crippen LogP contribution in [0, 0.1) is 0 Å². The minimum Gasteiger partial charge on any atom is -0.309 e. The Morgan fingerprint density at radius 2 is 0.425 bits per heavy atom. The van der Waals surface area contributed by atoms with E-state index in [2.05, 4.69) is 350 Å². The highest BCUT2D eigenvalue weighted by molar-refractivity contribution is 6.16. The summed E-state index contributed by atoms with van der Waals surface area (Å²) >= 11 is 0. The van der Waals surface area contributed by atoms with E-state index in [4.69, 9.17) is 29.9 Å². The highest BCUT2D eigenvalue weighted by Gasteiger charge is 2.27. The Hall–Kier alpha value is -15.5. The number of nitrogens with zero attached hydrogens (tertiary/aromatic N) is 11. The first-order valence-corrected chi connectivity index (χ1v) is 38.2. The summed E-state index contributed by atoms with van der Waals surface area (Å²) in [5, 5.41) is 11.7. The standard InChI is InChI=1S/C102H63N11/c1-4-26-64(27-5-1)97-103-100(67-50-53-71(54-51-67)109-92-58-55-72(110-85-42-17-10-34-74(85)75-35-11-18-43-86(75)110)62-83(92)84-63-73(56-59-93(84)109)111-87-44-19-12-36-76(87)77-37-13-20-45-88(77)111)106-101(105-97)70-33-24-32-68(60-70)69-52-57-94-82(61-69)80-40-16-23-48-91(80)113(94)96-81(41-25-49-95(96)112-89-46-21-14-38-78(89)79-39-15-22-47-90(79)112)102-107-98(65-28-6-2-7-29-65)104-99(108-102)66-30-8-3-9-31-66/h1-63H. The molecule has 526 valence electrons. The van der Waals surface area contributed by atoms with Crippen molar-refractivity contribution in [3.63, 3.8) is 0 Å². The van der Waals surface area contributed by atoms with E-state index in [9.17, 15) is 0 Å². The van der Waals surface area contributed by atoms with Crippen molar-refractivity contribution in [1.82, 2.24) is 52.7 Å². The lowest BCUT2D eigenvalue weighted by Crippen LogP contribution is -2.08. The van der Waals surface area contributed by atoms with Gasteiger partial charge in [0.25, 0.3) is 0 Å². The molecule has 0 amide bonds. The van der Waals surface area contributed by atoms with Crippen molar-refractivity contribution in [2.45, 2.75) is 0 Å². The summed E-state index contributed by atoms with van der Waals surface area (Å²) in [7, 11) is 0. The van der Waals surface area contributed by atoms with E-state index in [0.717, 1.165) is 128 Å². The molecule has 0 aliphatic carbocycles. The summed E-state index contributed by atoms with van der Waals surface area (Å²) in [6.07, 6.45) is 0. The lowest BCUT2D eigenvalue weighted by molar-refractivity contribution is 1.05. The molecule has 113 heavy (non-hydrogen) atoms.